The van der Waals surface area contributed by atoms with Gasteiger partial charge in [-0.15, -0.1) is 0 Å². The Labute approximate surface area is 321 Å². The predicted octanol–water partition coefficient (Wildman–Crippen LogP) is 9.98. The summed E-state index contributed by atoms with van der Waals surface area (Å²) < 4.78 is 6.88. The molecule has 9 nitrogen and oxygen atoms in total. The Morgan fingerprint density at radius 2 is 0.926 bits per heavy atom. The van der Waals surface area contributed by atoms with Crippen LogP contribution in [0.15, 0.2) is 36.8 Å². The molecule has 0 fully saturated rings. The Balaban J connectivity index is 0.000000125. The van der Waals surface area contributed by atoms with E-state index in [0.29, 0.717) is 0 Å². The summed E-state index contributed by atoms with van der Waals surface area (Å²) in [6.07, 6.45) is 24.4. The normalized spacial score (nSPS) is 15.4. The number of allylic oxidation sites excluding steroid dienone is 3. The maximum Gasteiger partial charge on any atom is 0.145 e. The van der Waals surface area contributed by atoms with Crippen LogP contribution in [0, 0.1) is 20.8 Å². The molecule has 6 heterocycles. The number of aromatic nitrogens is 9. The van der Waals surface area contributed by atoms with E-state index in [1.807, 2.05) is 20.8 Å². The average Bonchev–Trinajstić information content (AvgIpc) is 3.58. The summed E-state index contributed by atoms with van der Waals surface area (Å²) in [6, 6.07) is 0. The Bertz CT molecular complexity index is 2420. The average molecular weight is 726 g/mol. The predicted molar refractivity (Wildman–Crippen MR) is 222 cm³/mol. The third-order valence-electron chi connectivity index (χ3n) is 10.6. The monoisotopic (exact) mass is 725 g/mol. The fraction of sp³-hybridized carbons (Fsp3) is 0.511. The van der Waals surface area contributed by atoms with E-state index in [4.69, 9.17) is 4.98 Å². The maximum absolute atomic E-state index is 4.70. The standard InChI is InChI=1S/C15H21N3.2C15H19N3/c3*1-10-16-12-8-6-5-7-11-9-18(15(2,3)4)14(17-10)13(11)12/h9H,5-8H2,1-4H3;5,7,9H,6,8H2,1-4H3;5-6,9H,7-8H2,1-4H3. The first kappa shape index (κ1) is 37.6. The van der Waals surface area contributed by atoms with Crippen molar-refractivity contribution in [2.75, 3.05) is 0 Å². The molecule has 0 aromatic carbocycles. The van der Waals surface area contributed by atoms with E-state index in [9.17, 15) is 0 Å². The molecule has 0 N–H and O–H groups in total. The molecule has 0 spiro atoms. The minimum absolute atomic E-state index is 0.0433. The molecule has 3 aliphatic rings. The first-order valence-electron chi connectivity index (χ1n) is 19.9. The van der Waals surface area contributed by atoms with E-state index in [-0.39, 0.29) is 16.6 Å². The molecule has 0 radical (unpaired) electrons. The zero-order valence-corrected chi connectivity index (χ0v) is 34.7. The Morgan fingerprint density at radius 1 is 0.463 bits per heavy atom. The number of rotatable bonds is 0. The van der Waals surface area contributed by atoms with Gasteiger partial charge in [0, 0.05) is 63.4 Å². The first-order chi connectivity index (χ1) is 25.4. The van der Waals surface area contributed by atoms with Crippen molar-refractivity contribution >= 4 is 39.2 Å². The van der Waals surface area contributed by atoms with E-state index in [0.717, 1.165) is 66.5 Å². The van der Waals surface area contributed by atoms with Crippen molar-refractivity contribution in [3.63, 3.8) is 0 Å². The lowest BCUT2D eigenvalue weighted by atomic mass is 10.1. The smallest absolute Gasteiger partial charge is 0.145 e. The number of hydrogen-bond donors (Lipinski definition) is 0. The minimum atomic E-state index is 0.0433. The first-order valence-corrected chi connectivity index (χ1v) is 19.9. The van der Waals surface area contributed by atoms with Gasteiger partial charge < -0.3 is 13.7 Å². The van der Waals surface area contributed by atoms with Crippen LogP contribution in [0.2, 0.25) is 0 Å². The molecule has 0 saturated carbocycles. The molecule has 9 heteroatoms. The van der Waals surface area contributed by atoms with Gasteiger partial charge >= 0.3 is 0 Å². The Morgan fingerprint density at radius 3 is 1.52 bits per heavy atom. The van der Waals surface area contributed by atoms with Gasteiger partial charge in [0.15, 0.2) is 0 Å². The molecule has 0 bridgehead atoms. The summed E-state index contributed by atoms with van der Waals surface area (Å²) in [4.78, 5) is 27.9. The Kier molecular flexibility index (Phi) is 9.68. The van der Waals surface area contributed by atoms with Gasteiger partial charge in [-0.2, -0.15) is 0 Å². The van der Waals surface area contributed by atoms with Crippen LogP contribution in [0.1, 0.15) is 133 Å². The molecular formula is C45H59N9. The summed E-state index contributed by atoms with van der Waals surface area (Å²) >= 11 is 0. The van der Waals surface area contributed by atoms with E-state index >= 15 is 0 Å². The second kappa shape index (κ2) is 13.9. The second-order valence-corrected chi connectivity index (χ2v) is 18.3. The van der Waals surface area contributed by atoms with Gasteiger partial charge in [0.05, 0.1) is 17.1 Å². The van der Waals surface area contributed by atoms with Crippen molar-refractivity contribution < 1.29 is 0 Å². The van der Waals surface area contributed by atoms with Crippen molar-refractivity contribution in [2.45, 2.75) is 151 Å². The maximum atomic E-state index is 4.70. The Hall–Kier alpha value is -4.66. The third kappa shape index (κ3) is 7.26. The zero-order chi connectivity index (χ0) is 38.7. The van der Waals surface area contributed by atoms with Crippen molar-refractivity contribution in [3.05, 3.63) is 88.1 Å². The quantitative estimate of drug-likeness (QED) is 0.145. The van der Waals surface area contributed by atoms with Crippen molar-refractivity contribution in [1.29, 1.82) is 0 Å². The fourth-order valence-corrected chi connectivity index (χ4v) is 8.11. The van der Waals surface area contributed by atoms with Crippen molar-refractivity contribution in [2.24, 2.45) is 0 Å². The van der Waals surface area contributed by atoms with Gasteiger partial charge in [-0.25, -0.2) is 29.9 Å². The highest BCUT2D eigenvalue weighted by molar-refractivity contribution is 5.90. The van der Waals surface area contributed by atoms with Crippen molar-refractivity contribution in [3.8, 4) is 0 Å². The summed E-state index contributed by atoms with van der Waals surface area (Å²) in [7, 11) is 0. The lowest BCUT2D eigenvalue weighted by Crippen LogP contribution is -2.21. The number of aryl methyl sites for hydroxylation is 6. The van der Waals surface area contributed by atoms with Crippen LogP contribution in [0.3, 0.4) is 0 Å². The SMILES string of the molecule is Cc1nc2c3c(cn(C(C)(C)C)c3n1)C=CCC2.Cc1nc2c3c(cn(C(C)(C)C)c3n1)CC=CC2.Cc1nc2c3c(cn(C(C)(C)C)c3n1)CCCC2. The molecule has 6 aromatic heterocycles. The summed E-state index contributed by atoms with van der Waals surface area (Å²) in [6.45, 7) is 25.9. The fourth-order valence-electron chi connectivity index (χ4n) is 8.11. The van der Waals surface area contributed by atoms with Gasteiger partial charge in [0.1, 0.15) is 34.4 Å². The lowest BCUT2D eigenvalue weighted by Gasteiger charge is -2.22. The third-order valence-corrected chi connectivity index (χ3v) is 10.6. The molecule has 0 aliphatic heterocycles. The minimum Gasteiger partial charge on any atom is -0.327 e. The van der Waals surface area contributed by atoms with Crippen LogP contribution in [-0.4, -0.2) is 43.6 Å². The molecule has 0 atom stereocenters. The summed E-state index contributed by atoms with van der Waals surface area (Å²) in [5.74, 6) is 2.63. The molecular weight excluding hydrogens is 667 g/mol. The molecule has 54 heavy (non-hydrogen) atoms. The molecule has 284 valence electrons. The highest BCUT2D eigenvalue weighted by Gasteiger charge is 2.25. The number of hydrogen-bond acceptors (Lipinski definition) is 6. The van der Waals surface area contributed by atoms with Crippen LogP contribution in [0.25, 0.3) is 39.2 Å². The molecule has 6 aromatic rings. The zero-order valence-electron chi connectivity index (χ0n) is 34.7. The van der Waals surface area contributed by atoms with Crippen LogP contribution in [-0.2, 0) is 48.7 Å². The largest absolute Gasteiger partial charge is 0.327 e. The van der Waals surface area contributed by atoms with Crippen LogP contribution < -0.4 is 0 Å². The molecule has 0 amide bonds. The van der Waals surface area contributed by atoms with E-state index in [2.05, 4.69) is 144 Å². The van der Waals surface area contributed by atoms with Gasteiger partial charge in [-0.05, 0) is 139 Å². The van der Waals surface area contributed by atoms with Gasteiger partial charge in [0.25, 0.3) is 0 Å². The highest BCUT2D eigenvalue weighted by Crippen LogP contribution is 2.34. The van der Waals surface area contributed by atoms with Gasteiger partial charge in [-0.3, -0.25) is 0 Å². The van der Waals surface area contributed by atoms with Gasteiger partial charge in [-0.1, -0.05) is 24.3 Å². The lowest BCUT2D eigenvalue weighted by molar-refractivity contribution is 0.407. The molecule has 3 aliphatic carbocycles. The van der Waals surface area contributed by atoms with E-state index < -0.39 is 0 Å². The van der Waals surface area contributed by atoms with Gasteiger partial charge in [0.2, 0.25) is 0 Å². The van der Waals surface area contributed by atoms with Crippen LogP contribution >= 0.6 is 0 Å². The molecule has 0 saturated heterocycles. The summed E-state index contributed by atoms with van der Waals surface area (Å²) in [5.41, 5.74) is 11.1. The summed E-state index contributed by atoms with van der Waals surface area (Å²) in [5, 5.41) is 3.83. The topological polar surface area (TPSA) is 92.1 Å². The molecule has 0 unspecified atom stereocenters. The highest BCUT2D eigenvalue weighted by atomic mass is 15.1. The second-order valence-electron chi connectivity index (χ2n) is 18.3. The van der Waals surface area contributed by atoms with Crippen molar-refractivity contribution in [1.82, 2.24) is 43.6 Å². The van der Waals surface area contributed by atoms with Crippen LogP contribution in [0.4, 0.5) is 0 Å². The number of nitrogens with zero attached hydrogens (tertiary/aromatic N) is 9. The van der Waals surface area contributed by atoms with Crippen LogP contribution in [0.5, 0.6) is 0 Å². The van der Waals surface area contributed by atoms with E-state index in [1.165, 1.54) is 69.2 Å². The molecule has 9 rings (SSSR count). The van der Waals surface area contributed by atoms with E-state index in [1.54, 1.807) is 0 Å².